The van der Waals surface area contributed by atoms with E-state index in [1.807, 2.05) is 0 Å². The van der Waals surface area contributed by atoms with Crippen LogP contribution in [0.1, 0.15) is 0 Å². The standard InChI is InChI=1S/C2H8As2O7.3Na.3H/c1-9-3(5,6)11-4(7,8)10-2;;;;;;/h1-2H3,(H,5,6)(H,7,8);;;;;;. The Morgan fingerprint density at radius 2 is 1.07 bits per heavy atom. The fraction of sp³-hybridized carbons (Fsp3) is 1.00. The normalized spacial score (nSPS) is 17.4. The molecule has 2 N–H and O–H groups in total. The molecule has 12 heteroatoms. The van der Waals surface area contributed by atoms with Crippen molar-refractivity contribution in [2.24, 2.45) is 0 Å². The van der Waals surface area contributed by atoms with Crippen LogP contribution in [0.2, 0.25) is 0 Å². The van der Waals surface area contributed by atoms with Crippen LogP contribution in [0.25, 0.3) is 0 Å². The Bertz CT molecular complexity index is 199. The van der Waals surface area contributed by atoms with E-state index in [0.717, 1.165) is 14.2 Å². The van der Waals surface area contributed by atoms with Gasteiger partial charge in [0.25, 0.3) is 0 Å². The fourth-order valence-corrected chi connectivity index (χ4v) is 5.32. The van der Waals surface area contributed by atoms with Gasteiger partial charge in [-0.3, -0.25) is 0 Å². The summed E-state index contributed by atoms with van der Waals surface area (Å²) in [6, 6.07) is 0. The molecule has 0 heterocycles. The van der Waals surface area contributed by atoms with Crippen molar-refractivity contribution in [3.63, 3.8) is 0 Å². The SMILES string of the molecule is CO[As](=O)(O)O[As](=O)(O)OC.[NaH].[NaH].[NaH]. The topological polar surface area (TPSA) is 102 Å². The summed E-state index contributed by atoms with van der Waals surface area (Å²) < 4.78 is 49.9. The van der Waals surface area contributed by atoms with Gasteiger partial charge in [-0.2, -0.15) is 0 Å². The molecule has 74 valence electrons. The van der Waals surface area contributed by atoms with Crippen molar-refractivity contribution >= 4 is 118 Å². The van der Waals surface area contributed by atoms with E-state index in [2.05, 4.69) is 10.2 Å². The molecule has 0 saturated carbocycles. The molecule has 0 aliphatic carbocycles. The molecule has 0 spiro atoms. The second-order valence-corrected chi connectivity index (χ2v) is 8.97. The van der Waals surface area contributed by atoms with E-state index in [9.17, 15) is 7.48 Å². The molecule has 0 amide bonds. The molecule has 0 bridgehead atoms. The van der Waals surface area contributed by atoms with Gasteiger partial charge < -0.3 is 0 Å². The Hall–Kier alpha value is 3.52. The molecule has 0 aliphatic rings. The molecule has 0 aliphatic heterocycles. The molecule has 7 nitrogen and oxygen atoms in total. The van der Waals surface area contributed by atoms with E-state index in [1.165, 1.54) is 0 Å². The Labute approximate surface area is 155 Å². The minimum atomic E-state index is -5.02. The van der Waals surface area contributed by atoms with Crippen molar-refractivity contribution in [1.82, 2.24) is 0 Å². The predicted molar refractivity (Wildman–Crippen MR) is 53.9 cm³/mol. The maximum absolute atomic E-state index is 10.5. The van der Waals surface area contributed by atoms with Crippen molar-refractivity contribution in [3.05, 3.63) is 0 Å². The zero-order valence-corrected chi connectivity index (χ0v) is 9.58. The molecule has 0 fully saturated rings. The first kappa shape index (κ1) is 26.2. The molecule has 0 aromatic heterocycles. The fourth-order valence-electron chi connectivity index (χ4n) is 0.197. The van der Waals surface area contributed by atoms with Gasteiger partial charge in [0.15, 0.2) is 0 Å². The summed E-state index contributed by atoms with van der Waals surface area (Å²) in [7, 11) is 1.79. The van der Waals surface area contributed by atoms with Crippen LogP contribution >= 0.6 is 0 Å². The van der Waals surface area contributed by atoms with Gasteiger partial charge in [0.1, 0.15) is 0 Å². The van der Waals surface area contributed by atoms with Gasteiger partial charge in [-0.1, -0.05) is 0 Å². The first-order valence-corrected chi connectivity index (χ1v) is 8.59. The van der Waals surface area contributed by atoms with Gasteiger partial charge in [0.2, 0.25) is 0 Å². The summed E-state index contributed by atoms with van der Waals surface area (Å²) in [6.45, 7) is 0. The minimum absolute atomic E-state index is 0. The van der Waals surface area contributed by atoms with Crippen LogP contribution in [0.5, 0.6) is 0 Å². The Kier molecular flexibility index (Phi) is 21.7. The Balaban J connectivity index is -0.000000167. The predicted octanol–water partition coefficient (Wildman–Crippen LogP) is -3.93. The molecule has 0 aromatic rings. The molecule has 0 saturated heterocycles. The van der Waals surface area contributed by atoms with Crippen molar-refractivity contribution in [1.29, 1.82) is 0 Å². The Morgan fingerprint density at radius 1 is 0.857 bits per heavy atom. The van der Waals surface area contributed by atoms with E-state index in [0.29, 0.717) is 0 Å². The van der Waals surface area contributed by atoms with Crippen LogP contribution in [-0.2, 0) is 17.6 Å². The number of rotatable bonds is 4. The van der Waals surface area contributed by atoms with Gasteiger partial charge >= 0.3 is 158 Å². The maximum atomic E-state index is 10.5. The summed E-state index contributed by atoms with van der Waals surface area (Å²) >= 11 is -10.0. The third kappa shape index (κ3) is 13.6. The van der Waals surface area contributed by atoms with Gasteiger partial charge in [0, 0.05) is 0 Å². The van der Waals surface area contributed by atoms with E-state index < -0.39 is 29.0 Å². The first-order valence-electron chi connectivity index (χ1n) is 2.31. The molecule has 14 heavy (non-hydrogen) atoms. The van der Waals surface area contributed by atoms with Crippen LogP contribution in [0.15, 0.2) is 0 Å². The zero-order chi connectivity index (χ0) is 9.12. The van der Waals surface area contributed by atoms with Crippen molar-refractivity contribution in [2.45, 2.75) is 0 Å². The summed E-state index contributed by atoms with van der Waals surface area (Å²) in [5.41, 5.74) is 0. The van der Waals surface area contributed by atoms with E-state index in [4.69, 9.17) is 8.19 Å². The second kappa shape index (κ2) is 11.6. The molecular formula is C2H11As2Na3O7. The summed E-state index contributed by atoms with van der Waals surface area (Å²) in [5, 5.41) is 0. The summed E-state index contributed by atoms with van der Waals surface area (Å²) in [5.74, 6) is 0. The van der Waals surface area contributed by atoms with Gasteiger partial charge in [-0.05, 0) is 0 Å². The van der Waals surface area contributed by atoms with Crippen LogP contribution in [0.4, 0.5) is 0 Å². The van der Waals surface area contributed by atoms with Crippen LogP contribution in [-0.4, -0.2) is 140 Å². The van der Waals surface area contributed by atoms with Crippen molar-refractivity contribution in [3.8, 4) is 0 Å². The Morgan fingerprint density at radius 3 is 1.21 bits per heavy atom. The molecule has 0 unspecified atom stereocenters. The average Bonchev–Trinajstić information content (AvgIpc) is 1.86. The van der Waals surface area contributed by atoms with E-state index in [1.54, 1.807) is 0 Å². The van der Waals surface area contributed by atoms with Gasteiger partial charge in [0.05, 0.1) is 0 Å². The van der Waals surface area contributed by atoms with Crippen molar-refractivity contribution in [2.75, 3.05) is 14.2 Å². The van der Waals surface area contributed by atoms with E-state index in [-0.39, 0.29) is 88.7 Å². The zero-order valence-electron chi connectivity index (χ0n) is 5.83. The summed E-state index contributed by atoms with van der Waals surface area (Å²) in [6.07, 6.45) is 0. The molecule has 0 radical (unpaired) electrons. The van der Waals surface area contributed by atoms with E-state index >= 15 is 0 Å². The van der Waals surface area contributed by atoms with Crippen molar-refractivity contribution < 1.29 is 25.8 Å². The average molecular weight is 366 g/mol. The second-order valence-electron chi connectivity index (χ2n) is 1.38. The van der Waals surface area contributed by atoms with Gasteiger partial charge in [-0.25, -0.2) is 0 Å². The molecule has 0 rings (SSSR count). The van der Waals surface area contributed by atoms with Gasteiger partial charge in [-0.15, -0.1) is 0 Å². The summed E-state index contributed by atoms with van der Waals surface area (Å²) in [4.78, 5) is 0. The molecular weight excluding hydrogens is 355 g/mol. The quantitative estimate of drug-likeness (QED) is 0.490. The monoisotopic (exact) mass is 366 g/mol. The van der Waals surface area contributed by atoms with Crippen LogP contribution in [0.3, 0.4) is 0 Å². The molecule has 0 atom stereocenters. The first-order chi connectivity index (χ1) is 4.83. The van der Waals surface area contributed by atoms with Crippen LogP contribution in [0, 0.1) is 0 Å². The third-order valence-corrected chi connectivity index (χ3v) is 7.97. The molecule has 0 aromatic carbocycles. The third-order valence-electron chi connectivity index (χ3n) is 0.668. The number of hydrogen-bond donors (Lipinski definition) is 2. The number of hydrogen-bond acceptors (Lipinski definition) is 5. The van der Waals surface area contributed by atoms with Crippen LogP contribution < -0.4 is 0 Å².